The van der Waals surface area contributed by atoms with Crippen molar-refractivity contribution >= 4 is 33.0 Å². The summed E-state index contributed by atoms with van der Waals surface area (Å²) in [6.07, 6.45) is 0.715. The zero-order valence-electron chi connectivity index (χ0n) is 9.28. The van der Waals surface area contributed by atoms with Crippen molar-refractivity contribution < 1.29 is 9.90 Å². The lowest BCUT2D eigenvalue weighted by Gasteiger charge is -2.18. The highest BCUT2D eigenvalue weighted by Gasteiger charge is 2.14. The lowest BCUT2D eigenvalue weighted by atomic mass is 10.3. The molecule has 5 heteroatoms. The number of carbonyl (C=O) groups excluding carboxylic acids is 1. The van der Waals surface area contributed by atoms with E-state index in [4.69, 9.17) is 5.11 Å². The molecule has 0 spiro atoms. The molecule has 1 rings (SSSR count). The van der Waals surface area contributed by atoms with Crippen LogP contribution in [0.5, 0.6) is 0 Å². The van der Waals surface area contributed by atoms with E-state index in [2.05, 4.69) is 15.9 Å². The van der Waals surface area contributed by atoms with Crippen molar-refractivity contribution in [2.45, 2.75) is 13.3 Å². The number of rotatable bonds is 7. The normalized spacial score (nSPS) is 11.0. The number of hydrogen-bond donors (Lipinski definition) is 1. The van der Waals surface area contributed by atoms with Gasteiger partial charge in [-0.2, -0.15) is 0 Å². The fraction of sp³-hybridized carbons (Fsp3) is 0.545. The summed E-state index contributed by atoms with van der Waals surface area (Å²) in [7, 11) is 0. The maximum absolute atomic E-state index is 11.9. The van der Waals surface area contributed by atoms with Gasteiger partial charge in [0.25, 0.3) is 0 Å². The number of thiophene rings is 1. The topological polar surface area (TPSA) is 40.5 Å². The van der Waals surface area contributed by atoms with Crippen LogP contribution in [0.1, 0.15) is 23.0 Å². The van der Waals surface area contributed by atoms with E-state index >= 15 is 0 Å². The van der Waals surface area contributed by atoms with Crippen LogP contribution in [-0.2, 0) is 0 Å². The molecule has 0 saturated heterocycles. The lowest BCUT2D eigenvalue weighted by molar-refractivity contribution is 0.0931. The molecule has 1 heterocycles. The smallest absolute Gasteiger partial charge is 0.187 e. The summed E-state index contributed by atoms with van der Waals surface area (Å²) in [5, 5.41) is 10.7. The van der Waals surface area contributed by atoms with E-state index in [1.54, 1.807) is 0 Å². The summed E-state index contributed by atoms with van der Waals surface area (Å²) in [5.41, 5.74) is 0. The van der Waals surface area contributed by atoms with E-state index in [9.17, 15) is 4.79 Å². The molecule has 90 valence electrons. The number of likely N-dealkylation sites (N-methyl/N-ethyl adjacent to an activating group) is 1. The van der Waals surface area contributed by atoms with Gasteiger partial charge in [0, 0.05) is 17.6 Å². The van der Waals surface area contributed by atoms with E-state index < -0.39 is 0 Å². The zero-order chi connectivity index (χ0) is 12.0. The fourth-order valence-electron chi connectivity index (χ4n) is 1.41. The Labute approximate surface area is 108 Å². The van der Waals surface area contributed by atoms with Crippen molar-refractivity contribution in [2.24, 2.45) is 0 Å². The van der Waals surface area contributed by atoms with Crippen molar-refractivity contribution in [2.75, 3.05) is 26.2 Å². The van der Waals surface area contributed by atoms with Crippen molar-refractivity contribution in [3.05, 3.63) is 20.8 Å². The Hall–Kier alpha value is -0.230. The Morgan fingerprint density at radius 1 is 1.62 bits per heavy atom. The van der Waals surface area contributed by atoms with Crippen LogP contribution < -0.4 is 0 Å². The summed E-state index contributed by atoms with van der Waals surface area (Å²) in [6.45, 7) is 4.22. The van der Waals surface area contributed by atoms with Crippen molar-refractivity contribution in [3.63, 3.8) is 0 Å². The Morgan fingerprint density at radius 2 is 2.38 bits per heavy atom. The SMILES string of the molecule is CCN(CCCO)CC(=O)c1sccc1Br. The minimum atomic E-state index is 0.140. The molecule has 0 saturated carbocycles. The molecule has 16 heavy (non-hydrogen) atoms. The van der Waals surface area contributed by atoms with E-state index in [0.29, 0.717) is 13.0 Å². The number of aliphatic hydroxyl groups excluding tert-OH is 1. The molecular weight excluding hydrogens is 290 g/mol. The summed E-state index contributed by atoms with van der Waals surface area (Å²) in [4.78, 5) is 14.8. The Kier molecular flexibility index (Phi) is 6.20. The lowest BCUT2D eigenvalue weighted by Crippen LogP contribution is -2.31. The van der Waals surface area contributed by atoms with Gasteiger partial charge in [-0.25, -0.2) is 0 Å². The minimum Gasteiger partial charge on any atom is -0.396 e. The number of halogens is 1. The predicted octanol–water partition coefficient (Wildman–Crippen LogP) is 2.40. The maximum Gasteiger partial charge on any atom is 0.187 e. The molecule has 0 aliphatic heterocycles. The van der Waals surface area contributed by atoms with Gasteiger partial charge >= 0.3 is 0 Å². The standard InChI is InChI=1S/C11H16BrNO2S/c1-2-13(5-3-6-14)8-10(15)11-9(12)4-7-16-11/h4,7,14H,2-3,5-6,8H2,1H3. The summed E-state index contributed by atoms with van der Waals surface area (Å²) in [5.74, 6) is 0.140. The van der Waals surface area contributed by atoms with E-state index in [1.807, 2.05) is 23.3 Å². The van der Waals surface area contributed by atoms with Gasteiger partial charge in [0.1, 0.15) is 0 Å². The van der Waals surface area contributed by atoms with E-state index in [1.165, 1.54) is 11.3 Å². The Bertz CT molecular complexity index is 340. The average Bonchev–Trinajstić information content (AvgIpc) is 2.70. The van der Waals surface area contributed by atoms with Gasteiger partial charge in [-0.05, 0) is 40.3 Å². The van der Waals surface area contributed by atoms with Crippen LogP contribution in [0.4, 0.5) is 0 Å². The van der Waals surface area contributed by atoms with Crippen LogP contribution in [0.15, 0.2) is 15.9 Å². The third-order valence-electron chi connectivity index (χ3n) is 2.32. The third kappa shape index (κ3) is 3.97. The number of Topliss-reactive ketones (excluding diaryl/α,β-unsaturated/α-hetero) is 1. The molecule has 0 amide bonds. The first-order valence-corrected chi connectivity index (χ1v) is 6.95. The van der Waals surface area contributed by atoms with Crippen molar-refractivity contribution in [1.82, 2.24) is 4.90 Å². The molecule has 0 radical (unpaired) electrons. The van der Waals surface area contributed by atoms with Gasteiger partial charge in [0.05, 0.1) is 11.4 Å². The van der Waals surface area contributed by atoms with Crippen LogP contribution in [0.2, 0.25) is 0 Å². The first-order chi connectivity index (χ1) is 7.69. The van der Waals surface area contributed by atoms with Gasteiger partial charge in [-0.1, -0.05) is 6.92 Å². The van der Waals surface area contributed by atoms with Gasteiger partial charge in [0.2, 0.25) is 0 Å². The van der Waals surface area contributed by atoms with Gasteiger partial charge in [0.15, 0.2) is 5.78 Å². The van der Waals surface area contributed by atoms with Gasteiger partial charge < -0.3 is 5.11 Å². The summed E-state index contributed by atoms with van der Waals surface area (Å²) in [6, 6.07) is 1.89. The molecule has 1 N–H and O–H groups in total. The Balaban J connectivity index is 2.52. The minimum absolute atomic E-state index is 0.140. The first-order valence-electron chi connectivity index (χ1n) is 5.28. The second kappa shape index (κ2) is 7.17. The number of nitrogens with zero attached hydrogens (tertiary/aromatic N) is 1. The molecule has 0 bridgehead atoms. The van der Waals surface area contributed by atoms with E-state index in [0.717, 1.165) is 22.4 Å². The second-order valence-electron chi connectivity index (χ2n) is 3.47. The summed E-state index contributed by atoms with van der Waals surface area (Å²) >= 11 is 4.82. The predicted molar refractivity (Wildman–Crippen MR) is 70.2 cm³/mol. The quantitative estimate of drug-likeness (QED) is 0.786. The molecular formula is C11H16BrNO2S. The maximum atomic E-state index is 11.9. The zero-order valence-corrected chi connectivity index (χ0v) is 11.7. The monoisotopic (exact) mass is 305 g/mol. The van der Waals surface area contributed by atoms with Crippen LogP contribution in [0.25, 0.3) is 0 Å². The van der Waals surface area contributed by atoms with Crippen molar-refractivity contribution in [3.8, 4) is 0 Å². The molecule has 1 aromatic heterocycles. The summed E-state index contributed by atoms with van der Waals surface area (Å²) < 4.78 is 0.876. The molecule has 0 atom stereocenters. The first kappa shape index (κ1) is 13.8. The molecule has 3 nitrogen and oxygen atoms in total. The van der Waals surface area contributed by atoms with E-state index in [-0.39, 0.29) is 12.4 Å². The molecule has 0 aliphatic carbocycles. The Morgan fingerprint density at radius 3 is 2.88 bits per heavy atom. The highest BCUT2D eigenvalue weighted by atomic mass is 79.9. The van der Waals surface area contributed by atoms with Gasteiger partial charge in [-0.15, -0.1) is 11.3 Å². The second-order valence-corrected chi connectivity index (χ2v) is 5.24. The number of aliphatic hydroxyl groups is 1. The van der Waals surface area contributed by atoms with Crippen molar-refractivity contribution in [1.29, 1.82) is 0 Å². The van der Waals surface area contributed by atoms with Gasteiger partial charge in [-0.3, -0.25) is 9.69 Å². The molecule has 0 aliphatic rings. The number of carbonyl (C=O) groups is 1. The highest BCUT2D eigenvalue weighted by Crippen LogP contribution is 2.23. The molecule has 0 aromatic carbocycles. The fourth-order valence-corrected chi connectivity index (χ4v) is 2.94. The third-order valence-corrected chi connectivity index (χ3v) is 4.20. The molecule has 0 unspecified atom stereocenters. The molecule has 1 aromatic rings. The number of hydrogen-bond acceptors (Lipinski definition) is 4. The van der Waals surface area contributed by atoms with Crippen LogP contribution in [-0.4, -0.2) is 42.0 Å². The van der Waals surface area contributed by atoms with Crippen LogP contribution in [0, 0.1) is 0 Å². The van der Waals surface area contributed by atoms with Crippen LogP contribution >= 0.6 is 27.3 Å². The van der Waals surface area contributed by atoms with Crippen LogP contribution in [0.3, 0.4) is 0 Å². The largest absolute Gasteiger partial charge is 0.396 e. The average molecular weight is 306 g/mol. The molecule has 0 fully saturated rings. The highest BCUT2D eigenvalue weighted by molar-refractivity contribution is 9.10. The number of ketones is 1.